The third kappa shape index (κ3) is 2.54. The molecule has 0 spiro atoms. The van der Waals surface area contributed by atoms with Crippen molar-refractivity contribution in [2.24, 2.45) is 0 Å². The summed E-state index contributed by atoms with van der Waals surface area (Å²) in [5, 5.41) is 0. The molecule has 0 aromatic rings. The SMILES string of the molecule is CN(C(=O)CCl)C(=O)CCl. The van der Waals surface area contributed by atoms with E-state index in [0.29, 0.717) is 0 Å². The summed E-state index contributed by atoms with van der Waals surface area (Å²) in [5.74, 6) is -1.27. The Labute approximate surface area is 68.9 Å². The van der Waals surface area contributed by atoms with Crippen molar-refractivity contribution in [3.8, 4) is 0 Å². The summed E-state index contributed by atoms with van der Waals surface area (Å²) in [6.45, 7) is 0. The first-order valence-electron chi connectivity index (χ1n) is 2.54. The van der Waals surface area contributed by atoms with Gasteiger partial charge >= 0.3 is 0 Å². The number of hydrogen-bond donors (Lipinski definition) is 0. The molecule has 58 valence electrons. The van der Waals surface area contributed by atoms with E-state index in [1.807, 2.05) is 0 Å². The van der Waals surface area contributed by atoms with E-state index in [9.17, 15) is 9.59 Å². The van der Waals surface area contributed by atoms with Crippen molar-refractivity contribution in [1.29, 1.82) is 0 Å². The van der Waals surface area contributed by atoms with Crippen LogP contribution in [0, 0.1) is 0 Å². The number of alkyl halides is 2. The number of hydrogen-bond acceptors (Lipinski definition) is 2. The van der Waals surface area contributed by atoms with Gasteiger partial charge in [-0.3, -0.25) is 14.5 Å². The molecule has 0 rings (SSSR count). The molecule has 3 nitrogen and oxygen atoms in total. The summed E-state index contributed by atoms with van der Waals surface area (Å²) in [7, 11) is 1.34. The van der Waals surface area contributed by atoms with Crippen molar-refractivity contribution in [3.63, 3.8) is 0 Å². The van der Waals surface area contributed by atoms with Crippen LogP contribution in [-0.4, -0.2) is 35.5 Å². The maximum Gasteiger partial charge on any atom is 0.243 e. The smallest absolute Gasteiger partial charge is 0.243 e. The molecule has 0 fully saturated rings. The second-order valence-corrected chi connectivity index (χ2v) is 2.15. The summed E-state index contributed by atoms with van der Waals surface area (Å²) in [5.41, 5.74) is 0. The van der Waals surface area contributed by atoms with Gasteiger partial charge in [0.15, 0.2) is 0 Å². The lowest BCUT2D eigenvalue weighted by Crippen LogP contribution is -2.34. The molecule has 0 aromatic carbocycles. The first kappa shape index (κ1) is 9.72. The zero-order valence-electron chi connectivity index (χ0n) is 5.43. The van der Waals surface area contributed by atoms with Gasteiger partial charge in [0, 0.05) is 7.05 Å². The zero-order chi connectivity index (χ0) is 8.15. The summed E-state index contributed by atoms with van der Waals surface area (Å²) >= 11 is 10.3. The summed E-state index contributed by atoms with van der Waals surface area (Å²) in [6.07, 6.45) is 0. The minimum atomic E-state index is -0.438. The number of nitrogens with zero attached hydrogens (tertiary/aromatic N) is 1. The Hall–Kier alpha value is -0.280. The van der Waals surface area contributed by atoms with Gasteiger partial charge in [-0.2, -0.15) is 0 Å². The van der Waals surface area contributed by atoms with Crippen LogP contribution in [0.15, 0.2) is 0 Å². The van der Waals surface area contributed by atoms with Gasteiger partial charge < -0.3 is 0 Å². The van der Waals surface area contributed by atoms with Gasteiger partial charge in [0.25, 0.3) is 0 Å². The van der Waals surface area contributed by atoms with Crippen molar-refractivity contribution in [2.75, 3.05) is 18.8 Å². The number of halogens is 2. The molecule has 0 N–H and O–H groups in total. The van der Waals surface area contributed by atoms with E-state index in [0.717, 1.165) is 4.90 Å². The Bertz CT molecular complexity index is 133. The highest BCUT2D eigenvalue weighted by atomic mass is 35.5. The monoisotopic (exact) mass is 183 g/mol. The maximum absolute atomic E-state index is 10.6. The van der Waals surface area contributed by atoms with Gasteiger partial charge in [0.2, 0.25) is 11.8 Å². The topological polar surface area (TPSA) is 37.4 Å². The van der Waals surface area contributed by atoms with E-state index < -0.39 is 11.8 Å². The molecule has 0 atom stereocenters. The first-order valence-corrected chi connectivity index (χ1v) is 3.61. The van der Waals surface area contributed by atoms with Crippen LogP contribution in [0.2, 0.25) is 0 Å². The number of imide groups is 1. The van der Waals surface area contributed by atoms with Crippen molar-refractivity contribution < 1.29 is 9.59 Å². The molecule has 0 bridgehead atoms. The quantitative estimate of drug-likeness (QED) is 0.584. The van der Waals surface area contributed by atoms with Gasteiger partial charge in [0.1, 0.15) is 11.8 Å². The number of carbonyl (C=O) groups excluding carboxylic acids is 2. The highest BCUT2D eigenvalue weighted by molar-refractivity contribution is 6.31. The minimum absolute atomic E-state index is 0.195. The highest BCUT2D eigenvalue weighted by Gasteiger charge is 2.13. The molecule has 2 amide bonds. The normalized spacial score (nSPS) is 9.10. The van der Waals surface area contributed by atoms with Crippen LogP contribution < -0.4 is 0 Å². The first-order chi connectivity index (χ1) is 4.63. The second kappa shape index (κ2) is 4.52. The lowest BCUT2D eigenvalue weighted by Gasteiger charge is -2.10. The summed E-state index contributed by atoms with van der Waals surface area (Å²) in [6, 6.07) is 0. The van der Waals surface area contributed by atoms with Crippen molar-refractivity contribution >= 4 is 35.0 Å². The van der Waals surface area contributed by atoms with Crippen LogP contribution >= 0.6 is 23.2 Å². The lowest BCUT2D eigenvalue weighted by molar-refractivity contribution is -0.139. The fourth-order valence-electron chi connectivity index (χ4n) is 0.318. The van der Waals surface area contributed by atoms with E-state index >= 15 is 0 Å². The van der Waals surface area contributed by atoms with Gasteiger partial charge in [-0.05, 0) is 0 Å². The van der Waals surface area contributed by atoms with Gasteiger partial charge in [0.05, 0.1) is 0 Å². The molecule has 0 aromatic heterocycles. The Morgan fingerprint density at radius 2 is 1.50 bits per heavy atom. The Morgan fingerprint density at radius 1 is 1.20 bits per heavy atom. The van der Waals surface area contributed by atoms with E-state index in [4.69, 9.17) is 23.2 Å². The van der Waals surface area contributed by atoms with Crippen LogP contribution in [0.4, 0.5) is 0 Å². The highest BCUT2D eigenvalue weighted by Crippen LogP contribution is 1.90. The van der Waals surface area contributed by atoms with E-state index in [1.165, 1.54) is 7.05 Å². The van der Waals surface area contributed by atoms with Crippen LogP contribution in [0.25, 0.3) is 0 Å². The fraction of sp³-hybridized carbons (Fsp3) is 0.600. The standard InChI is InChI=1S/C5H7Cl2NO2/c1-8(4(9)2-6)5(10)3-7/h2-3H2,1H3. The molecule has 0 aliphatic rings. The molecule has 0 saturated heterocycles. The average Bonchev–Trinajstić information content (AvgIpc) is 2.00. The number of amides is 2. The molecule has 0 radical (unpaired) electrons. The van der Waals surface area contributed by atoms with E-state index in [1.54, 1.807) is 0 Å². The second-order valence-electron chi connectivity index (χ2n) is 1.61. The predicted octanol–water partition coefficient (Wildman–Crippen LogP) is 0.449. The van der Waals surface area contributed by atoms with Crippen molar-refractivity contribution in [1.82, 2.24) is 4.90 Å². The molecule has 5 heteroatoms. The third-order valence-electron chi connectivity index (χ3n) is 0.977. The Balaban J connectivity index is 3.94. The maximum atomic E-state index is 10.6. The van der Waals surface area contributed by atoms with Crippen LogP contribution in [0.1, 0.15) is 0 Å². The molecule has 0 aliphatic heterocycles. The fourth-order valence-corrected chi connectivity index (χ4v) is 0.677. The predicted molar refractivity (Wildman–Crippen MR) is 39.2 cm³/mol. The van der Waals surface area contributed by atoms with Gasteiger partial charge in [-0.25, -0.2) is 0 Å². The van der Waals surface area contributed by atoms with Crippen molar-refractivity contribution in [3.05, 3.63) is 0 Å². The van der Waals surface area contributed by atoms with Crippen molar-refractivity contribution in [2.45, 2.75) is 0 Å². The molecular formula is C5H7Cl2NO2. The Kier molecular flexibility index (Phi) is 4.40. The van der Waals surface area contributed by atoms with Gasteiger partial charge in [-0.1, -0.05) is 0 Å². The van der Waals surface area contributed by atoms with E-state index in [-0.39, 0.29) is 11.8 Å². The molecular weight excluding hydrogens is 177 g/mol. The minimum Gasteiger partial charge on any atom is -0.284 e. The third-order valence-corrected chi connectivity index (χ3v) is 1.43. The van der Waals surface area contributed by atoms with Crippen LogP contribution in [-0.2, 0) is 9.59 Å². The zero-order valence-corrected chi connectivity index (χ0v) is 6.95. The molecule has 0 aliphatic carbocycles. The lowest BCUT2D eigenvalue weighted by atomic mass is 10.5. The summed E-state index contributed by atoms with van der Waals surface area (Å²) < 4.78 is 0. The van der Waals surface area contributed by atoms with Crippen LogP contribution in [0.3, 0.4) is 0 Å². The number of rotatable bonds is 2. The molecule has 10 heavy (non-hydrogen) atoms. The van der Waals surface area contributed by atoms with E-state index in [2.05, 4.69) is 0 Å². The largest absolute Gasteiger partial charge is 0.284 e. The molecule has 0 saturated carbocycles. The van der Waals surface area contributed by atoms with Crippen LogP contribution in [0.5, 0.6) is 0 Å². The molecule has 0 unspecified atom stereocenters. The number of carbonyl (C=O) groups is 2. The summed E-state index contributed by atoms with van der Waals surface area (Å²) in [4.78, 5) is 22.2. The average molecular weight is 184 g/mol. The van der Waals surface area contributed by atoms with Gasteiger partial charge in [-0.15, -0.1) is 23.2 Å². The molecule has 0 heterocycles. The Morgan fingerprint density at radius 3 is 1.70 bits per heavy atom.